The molecular formula is C11H7Cl2N3S. The molecule has 0 spiro atoms. The van der Waals surface area contributed by atoms with Gasteiger partial charge in [0.05, 0.1) is 16.4 Å². The van der Waals surface area contributed by atoms with Crippen molar-refractivity contribution in [2.24, 2.45) is 0 Å². The van der Waals surface area contributed by atoms with E-state index in [9.17, 15) is 0 Å². The van der Waals surface area contributed by atoms with E-state index in [0.29, 0.717) is 22.9 Å². The van der Waals surface area contributed by atoms with E-state index >= 15 is 0 Å². The van der Waals surface area contributed by atoms with Crippen LogP contribution >= 0.6 is 34.5 Å². The zero-order chi connectivity index (χ0) is 12.3. The summed E-state index contributed by atoms with van der Waals surface area (Å²) in [6, 6.07) is 7.36. The number of aromatic nitrogens is 1. The second-order valence-electron chi connectivity index (χ2n) is 3.19. The summed E-state index contributed by atoms with van der Waals surface area (Å²) in [5.74, 6) is 0.509. The first-order chi connectivity index (χ1) is 8.20. The molecule has 2 aromatic rings. The highest BCUT2D eigenvalue weighted by Crippen LogP contribution is 2.25. The van der Waals surface area contributed by atoms with Crippen molar-refractivity contribution >= 4 is 40.4 Å². The van der Waals surface area contributed by atoms with Gasteiger partial charge in [-0.05, 0) is 18.2 Å². The molecule has 0 aliphatic heterocycles. The van der Waals surface area contributed by atoms with Crippen LogP contribution in [-0.2, 0) is 6.54 Å². The van der Waals surface area contributed by atoms with E-state index in [1.54, 1.807) is 12.3 Å². The Kier molecular flexibility index (Phi) is 3.85. The minimum Gasteiger partial charge on any atom is -0.364 e. The van der Waals surface area contributed by atoms with Gasteiger partial charge in [-0.25, -0.2) is 4.98 Å². The summed E-state index contributed by atoms with van der Waals surface area (Å²) in [5.41, 5.74) is 0.411. The Hall–Kier alpha value is -1.28. The molecule has 0 unspecified atom stereocenters. The number of nitriles is 1. The van der Waals surface area contributed by atoms with Gasteiger partial charge in [0.25, 0.3) is 0 Å². The molecule has 0 bridgehead atoms. The summed E-state index contributed by atoms with van der Waals surface area (Å²) in [7, 11) is 0. The third-order valence-electron chi connectivity index (χ3n) is 2.07. The van der Waals surface area contributed by atoms with Crippen LogP contribution in [0.5, 0.6) is 0 Å². The fourth-order valence-corrected chi connectivity index (χ4v) is 2.52. The van der Waals surface area contributed by atoms with Crippen molar-refractivity contribution in [3.05, 3.63) is 44.2 Å². The first-order valence-corrected chi connectivity index (χ1v) is 6.30. The van der Waals surface area contributed by atoms with Gasteiger partial charge in [-0.15, -0.1) is 11.3 Å². The molecule has 0 saturated heterocycles. The van der Waals surface area contributed by atoms with Crippen molar-refractivity contribution in [3.63, 3.8) is 0 Å². The van der Waals surface area contributed by atoms with Crippen molar-refractivity contribution < 1.29 is 0 Å². The van der Waals surface area contributed by atoms with Crippen LogP contribution in [0.4, 0.5) is 5.82 Å². The predicted molar refractivity (Wildman–Crippen MR) is 70.6 cm³/mol. The lowest BCUT2D eigenvalue weighted by atomic mass is 10.3. The zero-order valence-electron chi connectivity index (χ0n) is 8.58. The standard InChI is InChI=1S/C11H7Cl2N3S/c12-9-2-1-8(17-9)6-16-11-10(13)7(5-14)3-4-15-11/h1-4H,6H2,(H,15,16). The van der Waals surface area contributed by atoms with E-state index in [2.05, 4.69) is 10.3 Å². The molecule has 0 aliphatic carbocycles. The van der Waals surface area contributed by atoms with Gasteiger partial charge < -0.3 is 5.32 Å². The Labute approximate surface area is 113 Å². The predicted octanol–water partition coefficient (Wildman–Crippen LogP) is 3.93. The number of nitrogens with zero attached hydrogens (tertiary/aromatic N) is 2. The molecule has 0 atom stereocenters. The first-order valence-electron chi connectivity index (χ1n) is 4.73. The molecule has 6 heteroatoms. The third kappa shape index (κ3) is 2.89. The first kappa shape index (κ1) is 12.2. The van der Waals surface area contributed by atoms with Crippen molar-refractivity contribution in [3.8, 4) is 6.07 Å². The second kappa shape index (κ2) is 5.37. The van der Waals surface area contributed by atoms with E-state index in [1.807, 2.05) is 18.2 Å². The minimum absolute atomic E-state index is 0.345. The average molecular weight is 284 g/mol. The molecule has 0 amide bonds. The van der Waals surface area contributed by atoms with Gasteiger partial charge in [0, 0.05) is 11.1 Å². The van der Waals surface area contributed by atoms with E-state index in [-0.39, 0.29) is 0 Å². The van der Waals surface area contributed by atoms with Crippen molar-refractivity contribution in [2.45, 2.75) is 6.54 Å². The number of nitrogens with one attached hydrogen (secondary N) is 1. The Morgan fingerprint density at radius 2 is 2.18 bits per heavy atom. The van der Waals surface area contributed by atoms with E-state index in [0.717, 1.165) is 9.21 Å². The fourth-order valence-electron chi connectivity index (χ4n) is 1.27. The van der Waals surface area contributed by atoms with Crippen LogP contribution < -0.4 is 5.32 Å². The summed E-state index contributed by atoms with van der Waals surface area (Å²) in [6.45, 7) is 0.582. The molecule has 0 aromatic carbocycles. The number of halogens is 2. The van der Waals surface area contributed by atoms with E-state index in [1.165, 1.54) is 11.3 Å². The highest BCUT2D eigenvalue weighted by atomic mass is 35.5. The molecule has 2 aromatic heterocycles. The summed E-state index contributed by atoms with van der Waals surface area (Å²) in [6.07, 6.45) is 1.55. The average Bonchev–Trinajstić information content (AvgIpc) is 2.74. The topological polar surface area (TPSA) is 48.7 Å². The molecule has 86 valence electrons. The molecule has 1 N–H and O–H groups in total. The lowest BCUT2D eigenvalue weighted by molar-refractivity contribution is 1.14. The molecule has 0 saturated carbocycles. The van der Waals surface area contributed by atoms with Crippen LogP contribution in [0.1, 0.15) is 10.4 Å². The van der Waals surface area contributed by atoms with Crippen LogP contribution in [0.15, 0.2) is 24.4 Å². The van der Waals surface area contributed by atoms with Gasteiger partial charge in [-0.1, -0.05) is 23.2 Å². The van der Waals surface area contributed by atoms with Crippen molar-refractivity contribution in [2.75, 3.05) is 5.32 Å². The molecule has 0 aliphatic rings. The molecular weight excluding hydrogens is 277 g/mol. The van der Waals surface area contributed by atoms with Crippen LogP contribution in [0.25, 0.3) is 0 Å². The highest BCUT2D eigenvalue weighted by molar-refractivity contribution is 7.16. The van der Waals surface area contributed by atoms with E-state index in [4.69, 9.17) is 28.5 Å². The molecule has 3 nitrogen and oxygen atoms in total. The maximum atomic E-state index is 8.83. The lowest BCUT2D eigenvalue weighted by Crippen LogP contribution is -2.01. The Bertz CT molecular complexity index is 574. The largest absolute Gasteiger partial charge is 0.364 e. The third-order valence-corrected chi connectivity index (χ3v) is 3.68. The normalized spacial score (nSPS) is 9.94. The number of pyridine rings is 1. The van der Waals surface area contributed by atoms with Crippen LogP contribution in [0, 0.1) is 11.3 Å². The lowest BCUT2D eigenvalue weighted by Gasteiger charge is -2.06. The summed E-state index contributed by atoms with van der Waals surface area (Å²) in [5, 5.41) is 12.2. The quantitative estimate of drug-likeness (QED) is 0.928. The van der Waals surface area contributed by atoms with Gasteiger partial charge in [-0.2, -0.15) is 5.26 Å². The van der Waals surface area contributed by atoms with Crippen LogP contribution in [0.2, 0.25) is 9.36 Å². The summed E-state index contributed by atoms with van der Waals surface area (Å²) in [4.78, 5) is 5.17. The summed E-state index contributed by atoms with van der Waals surface area (Å²) >= 11 is 13.3. The van der Waals surface area contributed by atoms with Crippen LogP contribution in [-0.4, -0.2) is 4.98 Å². The number of hydrogen-bond donors (Lipinski definition) is 1. The fraction of sp³-hybridized carbons (Fsp3) is 0.0909. The van der Waals surface area contributed by atoms with Gasteiger partial charge in [-0.3, -0.25) is 0 Å². The minimum atomic E-state index is 0.345. The molecule has 0 radical (unpaired) electrons. The SMILES string of the molecule is N#Cc1ccnc(NCc2ccc(Cl)s2)c1Cl. The molecule has 0 fully saturated rings. The van der Waals surface area contributed by atoms with Crippen LogP contribution in [0.3, 0.4) is 0 Å². The maximum absolute atomic E-state index is 8.83. The second-order valence-corrected chi connectivity index (χ2v) is 5.37. The Balaban J connectivity index is 2.12. The Morgan fingerprint density at radius 1 is 1.35 bits per heavy atom. The van der Waals surface area contributed by atoms with Gasteiger partial charge >= 0.3 is 0 Å². The van der Waals surface area contributed by atoms with E-state index < -0.39 is 0 Å². The number of thiophene rings is 1. The van der Waals surface area contributed by atoms with Gasteiger partial charge in [0.1, 0.15) is 16.9 Å². The monoisotopic (exact) mass is 283 g/mol. The van der Waals surface area contributed by atoms with Gasteiger partial charge in [0.2, 0.25) is 0 Å². The van der Waals surface area contributed by atoms with Gasteiger partial charge in [0.15, 0.2) is 0 Å². The smallest absolute Gasteiger partial charge is 0.146 e. The molecule has 17 heavy (non-hydrogen) atoms. The van der Waals surface area contributed by atoms with Crippen molar-refractivity contribution in [1.29, 1.82) is 5.26 Å². The number of rotatable bonds is 3. The number of anilines is 1. The molecule has 2 rings (SSSR count). The molecule has 2 heterocycles. The summed E-state index contributed by atoms with van der Waals surface area (Å²) < 4.78 is 0.742. The Morgan fingerprint density at radius 3 is 2.82 bits per heavy atom. The zero-order valence-corrected chi connectivity index (χ0v) is 10.9. The van der Waals surface area contributed by atoms with Crippen molar-refractivity contribution in [1.82, 2.24) is 4.98 Å². The maximum Gasteiger partial charge on any atom is 0.146 e. The highest BCUT2D eigenvalue weighted by Gasteiger charge is 2.07. The number of hydrogen-bond acceptors (Lipinski definition) is 4.